The quantitative estimate of drug-likeness (QED) is 0.168. The van der Waals surface area contributed by atoms with Gasteiger partial charge in [-0.2, -0.15) is 0 Å². The van der Waals surface area contributed by atoms with Crippen LogP contribution in [-0.4, -0.2) is 9.97 Å². The summed E-state index contributed by atoms with van der Waals surface area (Å²) in [6, 6.07) is 48.0. The number of pyridine rings is 2. The van der Waals surface area contributed by atoms with Gasteiger partial charge < -0.3 is 0 Å². The summed E-state index contributed by atoms with van der Waals surface area (Å²) < 4.78 is 0. The zero-order valence-corrected chi connectivity index (χ0v) is 29.6. The van der Waals surface area contributed by atoms with Gasteiger partial charge in [0.25, 0.3) is 0 Å². The minimum absolute atomic E-state index is 0.0794. The smallest absolute Gasteiger partial charge is 0.137 e. The maximum absolute atomic E-state index is 4.90. The lowest BCUT2D eigenvalue weighted by atomic mass is 9.80. The van der Waals surface area contributed by atoms with E-state index in [9.17, 15) is 0 Å². The predicted octanol–water partition coefficient (Wildman–Crippen LogP) is 12.9. The van der Waals surface area contributed by atoms with Crippen molar-refractivity contribution in [3.63, 3.8) is 0 Å². The van der Waals surface area contributed by atoms with Gasteiger partial charge in [0.05, 0.1) is 11.4 Å². The van der Waals surface area contributed by atoms with Crippen molar-refractivity contribution < 1.29 is 0 Å². The molecule has 2 heterocycles. The maximum atomic E-state index is 4.90. The Morgan fingerprint density at radius 3 is 1.14 bits per heavy atom. The number of anilines is 6. The molecule has 8 rings (SSSR count). The van der Waals surface area contributed by atoms with Crippen LogP contribution in [0.25, 0.3) is 32.3 Å². The Kier molecular flexibility index (Phi) is 7.56. The summed E-state index contributed by atoms with van der Waals surface area (Å²) in [4.78, 5) is 14.4. The molecule has 0 spiro atoms. The van der Waals surface area contributed by atoms with Crippen molar-refractivity contribution in [2.45, 2.75) is 52.4 Å². The van der Waals surface area contributed by atoms with E-state index in [1.165, 1.54) is 43.4 Å². The Morgan fingerprint density at radius 2 is 0.800 bits per heavy atom. The molecule has 8 aromatic rings. The topological polar surface area (TPSA) is 32.3 Å². The fraction of sp³-hybridized carbons (Fsp3) is 0.174. The van der Waals surface area contributed by atoms with E-state index < -0.39 is 0 Å². The molecule has 0 N–H and O–H groups in total. The Morgan fingerprint density at radius 1 is 0.420 bits per heavy atom. The molecule has 246 valence electrons. The van der Waals surface area contributed by atoms with Gasteiger partial charge in [-0.15, -0.1) is 0 Å². The minimum atomic E-state index is -0.0794. The van der Waals surface area contributed by atoms with Gasteiger partial charge >= 0.3 is 0 Å². The number of aromatic nitrogens is 2. The lowest BCUT2D eigenvalue weighted by molar-refractivity contribution is 0.591. The normalized spacial score (nSPS) is 12.2. The zero-order valence-electron chi connectivity index (χ0n) is 29.6. The zero-order chi connectivity index (χ0) is 34.6. The van der Waals surface area contributed by atoms with Gasteiger partial charge in [0, 0.05) is 34.5 Å². The number of para-hydroxylation sites is 2. The third kappa shape index (κ3) is 5.51. The molecule has 4 nitrogen and oxygen atoms in total. The number of benzene rings is 6. The van der Waals surface area contributed by atoms with Gasteiger partial charge in [0.2, 0.25) is 0 Å². The molecule has 0 aliphatic carbocycles. The molecule has 0 aliphatic heterocycles. The highest BCUT2D eigenvalue weighted by Gasteiger charge is 2.27. The van der Waals surface area contributed by atoms with Crippen LogP contribution in [-0.2, 0) is 10.8 Å². The molecule has 0 unspecified atom stereocenters. The highest BCUT2D eigenvalue weighted by molar-refractivity contribution is 6.30. The van der Waals surface area contributed by atoms with Crippen molar-refractivity contribution in [3.8, 4) is 0 Å². The van der Waals surface area contributed by atoms with Crippen LogP contribution in [0.5, 0.6) is 0 Å². The molecule has 0 radical (unpaired) electrons. The third-order valence-corrected chi connectivity index (χ3v) is 9.72. The van der Waals surface area contributed by atoms with Crippen molar-refractivity contribution in [2.24, 2.45) is 0 Å². The van der Waals surface area contributed by atoms with Crippen LogP contribution in [0.4, 0.5) is 34.4 Å². The summed E-state index contributed by atoms with van der Waals surface area (Å²) in [5, 5.41) is 7.34. The van der Waals surface area contributed by atoms with Crippen molar-refractivity contribution in [3.05, 3.63) is 157 Å². The predicted molar refractivity (Wildman–Crippen MR) is 213 cm³/mol. The first-order valence-corrected chi connectivity index (χ1v) is 17.4. The third-order valence-electron chi connectivity index (χ3n) is 9.72. The second-order valence-electron chi connectivity index (χ2n) is 15.3. The lowest BCUT2D eigenvalue weighted by Crippen LogP contribution is -2.16. The molecule has 0 amide bonds. The number of hydrogen-bond donors (Lipinski definition) is 0. The average Bonchev–Trinajstić information content (AvgIpc) is 3.12. The van der Waals surface area contributed by atoms with Gasteiger partial charge in [0.1, 0.15) is 11.6 Å². The van der Waals surface area contributed by atoms with Crippen molar-refractivity contribution >= 4 is 66.7 Å². The fourth-order valence-electron chi connectivity index (χ4n) is 7.12. The van der Waals surface area contributed by atoms with Gasteiger partial charge in [-0.25, -0.2) is 9.97 Å². The highest BCUT2D eigenvalue weighted by atomic mass is 15.2. The van der Waals surface area contributed by atoms with E-state index in [2.05, 4.69) is 173 Å². The standard InChI is InChI=1S/C46H42N4/c1-45(2,3)33-25-31-27-40(50(36-19-11-8-12-20-36)42-22-14-16-24-48-42)38-30-34(46(4,5)6)26-32-28-39(37(29-33)43(31)44(32)38)49(35-17-9-7-10-18-35)41-21-13-15-23-47-41/h7-30H,1-6H3. The van der Waals surface area contributed by atoms with Crippen molar-refractivity contribution in [2.75, 3.05) is 9.80 Å². The molecule has 6 aromatic carbocycles. The van der Waals surface area contributed by atoms with E-state index in [4.69, 9.17) is 9.97 Å². The van der Waals surface area contributed by atoms with E-state index >= 15 is 0 Å². The average molecular weight is 651 g/mol. The van der Waals surface area contributed by atoms with E-state index in [1.54, 1.807) is 0 Å². The molecule has 4 heteroatoms. The Balaban J connectivity index is 1.56. The summed E-state index contributed by atoms with van der Waals surface area (Å²) in [5.74, 6) is 1.76. The largest absolute Gasteiger partial charge is 0.294 e. The number of hydrogen-bond acceptors (Lipinski definition) is 4. The van der Waals surface area contributed by atoms with Gasteiger partial charge in [0.15, 0.2) is 0 Å². The number of nitrogens with zero attached hydrogens (tertiary/aromatic N) is 4. The van der Waals surface area contributed by atoms with Crippen LogP contribution in [0.15, 0.2) is 146 Å². The van der Waals surface area contributed by atoms with Crippen molar-refractivity contribution in [1.29, 1.82) is 0 Å². The van der Waals surface area contributed by atoms with E-state index in [1.807, 2.05) is 24.5 Å². The second kappa shape index (κ2) is 12.0. The van der Waals surface area contributed by atoms with Gasteiger partial charge in [-0.05, 0) is 116 Å². The molecule has 2 aromatic heterocycles. The van der Waals surface area contributed by atoms with Crippen LogP contribution in [0, 0.1) is 0 Å². The van der Waals surface area contributed by atoms with Crippen LogP contribution < -0.4 is 9.80 Å². The molecule has 50 heavy (non-hydrogen) atoms. The molecule has 0 saturated carbocycles. The Hall–Kier alpha value is -5.74. The molecule has 0 aliphatic rings. The molecular formula is C46H42N4. The summed E-state index contributed by atoms with van der Waals surface area (Å²) in [5.41, 5.74) is 6.77. The summed E-state index contributed by atoms with van der Waals surface area (Å²) in [6.45, 7) is 13.8. The highest BCUT2D eigenvalue weighted by Crippen LogP contribution is 2.50. The summed E-state index contributed by atoms with van der Waals surface area (Å²) in [6.07, 6.45) is 3.76. The second-order valence-corrected chi connectivity index (χ2v) is 15.3. The monoisotopic (exact) mass is 650 g/mol. The van der Waals surface area contributed by atoms with Crippen LogP contribution in [0.2, 0.25) is 0 Å². The maximum Gasteiger partial charge on any atom is 0.137 e. The summed E-state index contributed by atoms with van der Waals surface area (Å²) >= 11 is 0. The molecule has 0 atom stereocenters. The fourth-order valence-corrected chi connectivity index (χ4v) is 7.12. The van der Waals surface area contributed by atoms with Gasteiger partial charge in [-0.3, -0.25) is 9.80 Å². The first-order valence-electron chi connectivity index (χ1n) is 17.4. The Bertz CT molecular complexity index is 2170. The lowest BCUT2D eigenvalue weighted by Gasteiger charge is -2.31. The van der Waals surface area contributed by atoms with Crippen LogP contribution >= 0.6 is 0 Å². The molecule has 0 fully saturated rings. The minimum Gasteiger partial charge on any atom is -0.294 e. The molecule has 0 bridgehead atoms. The SMILES string of the molecule is CC(C)(C)c1cc2cc(N(c3ccccc3)c3ccccn3)c3cc(C(C)(C)C)cc4cc(N(c5ccccc5)c5ccccn5)c(c1)c2c43. The Labute approximate surface area is 295 Å². The van der Waals surface area contributed by atoms with E-state index in [0.717, 1.165) is 34.4 Å². The van der Waals surface area contributed by atoms with Gasteiger partial charge in [-0.1, -0.05) is 102 Å². The van der Waals surface area contributed by atoms with Crippen LogP contribution in [0.3, 0.4) is 0 Å². The van der Waals surface area contributed by atoms with E-state index in [-0.39, 0.29) is 10.8 Å². The van der Waals surface area contributed by atoms with Crippen molar-refractivity contribution in [1.82, 2.24) is 9.97 Å². The van der Waals surface area contributed by atoms with E-state index in [0.29, 0.717) is 0 Å². The first-order chi connectivity index (χ1) is 24.1. The number of rotatable bonds is 6. The molecular weight excluding hydrogens is 609 g/mol. The molecule has 0 saturated heterocycles. The first kappa shape index (κ1) is 31.5. The summed E-state index contributed by atoms with van der Waals surface area (Å²) in [7, 11) is 0. The van der Waals surface area contributed by atoms with Crippen LogP contribution in [0.1, 0.15) is 52.7 Å².